The van der Waals surface area contributed by atoms with Crippen molar-refractivity contribution in [3.63, 3.8) is 0 Å². The van der Waals surface area contributed by atoms with E-state index in [1.54, 1.807) is 0 Å². The van der Waals surface area contributed by atoms with Gasteiger partial charge in [-0.15, -0.1) is 0 Å². The second-order valence-corrected chi connectivity index (χ2v) is 1.60. The van der Waals surface area contributed by atoms with Crippen LogP contribution in [0.5, 0.6) is 0 Å². The molecule has 4 heavy (non-hydrogen) atoms. The molecular weight excluding hydrogens is 170 g/mol. The molecule has 0 heterocycles. The summed E-state index contributed by atoms with van der Waals surface area (Å²) in [5.74, 6) is 0. The first-order valence-corrected chi connectivity index (χ1v) is 1.99. The van der Waals surface area contributed by atoms with Crippen molar-refractivity contribution in [3.8, 4) is 0 Å². The quantitative estimate of drug-likeness (QED) is 0.467. The number of amides is 1. The molecule has 0 atom stereocenters. The van der Waals surface area contributed by atoms with Gasteiger partial charge in [-0.05, 0) is 0 Å². The first kappa shape index (κ1) is 4.26. The van der Waals surface area contributed by atoms with Crippen LogP contribution in [-0.4, -0.2) is 26.2 Å². The molecule has 0 radical (unpaired) electrons. The van der Waals surface area contributed by atoms with Crippen LogP contribution in [0.1, 0.15) is 0 Å². The van der Waals surface area contributed by atoms with Crippen LogP contribution in [0.4, 0.5) is 4.79 Å². The van der Waals surface area contributed by atoms with Crippen molar-refractivity contribution in [1.82, 2.24) is 0 Å². The minimum atomic E-state index is -0.283. The second kappa shape index (κ2) is 1.57. The van der Waals surface area contributed by atoms with Gasteiger partial charge in [0.05, 0.1) is 0 Å². The zero-order chi connectivity index (χ0) is 3.58. The van der Waals surface area contributed by atoms with Crippen molar-refractivity contribution in [2.75, 3.05) is 0 Å². The Labute approximate surface area is 37.3 Å². The molecule has 0 unspecified atom stereocenters. The normalized spacial score (nSPS) is 6.25. The summed E-state index contributed by atoms with van der Waals surface area (Å²) in [7, 11) is 0. The summed E-state index contributed by atoms with van der Waals surface area (Å²) in [4.78, 5) is 9.24. The van der Waals surface area contributed by atoms with Crippen LogP contribution < -0.4 is 5.73 Å². The molecule has 0 aromatic carbocycles. The molecule has 0 aliphatic rings. The molecule has 0 saturated carbocycles. The Hall–Kier alpha value is 0.260. The predicted octanol–water partition coefficient (Wildman–Crippen LogP) is -1.03. The fraction of sp³-hybridized carbons (Fsp3) is 0. The summed E-state index contributed by atoms with van der Waals surface area (Å²) in [5, 5.41) is 0. The van der Waals surface area contributed by atoms with Crippen LogP contribution in [0.3, 0.4) is 0 Å². The summed E-state index contributed by atoms with van der Waals surface area (Å²) in [6.45, 7) is 0. The van der Waals surface area contributed by atoms with Crippen LogP contribution in [-0.2, 0) is 0 Å². The summed E-state index contributed by atoms with van der Waals surface area (Å²) in [6, 6.07) is 0. The van der Waals surface area contributed by atoms with Crippen LogP contribution in [0.25, 0.3) is 0 Å². The molecule has 0 saturated heterocycles. The Morgan fingerprint density at radius 3 is 2.00 bits per heavy atom. The van der Waals surface area contributed by atoms with E-state index in [2.05, 4.69) is 5.73 Å². The predicted molar refractivity (Wildman–Crippen MR) is 16.7 cm³/mol. The first-order chi connectivity index (χ1) is 1.73. The zero-order valence-electron chi connectivity index (χ0n) is 1.93. The molecule has 0 rings (SSSR count). The molecule has 2 N–H and O–H groups in total. The average Bonchev–Trinajstić information content (AvgIpc) is 0.811. The summed E-state index contributed by atoms with van der Waals surface area (Å²) >= 11 is 1.01. The Morgan fingerprint density at radius 1 is 2.00 bits per heavy atom. The molecule has 3 heteroatoms. The van der Waals surface area contributed by atoms with Crippen LogP contribution in [0.15, 0.2) is 0 Å². The van der Waals surface area contributed by atoms with Gasteiger partial charge in [0.2, 0.25) is 0 Å². The standard InChI is InChI=1S/CH3NOTe/c2-1(3)4/h(H3,2,3,4). The number of hydrogen-bond donors (Lipinski definition) is 1. The van der Waals surface area contributed by atoms with E-state index >= 15 is 0 Å². The third-order valence-electron chi connectivity index (χ3n) is 0. The first-order valence-electron chi connectivity index (χ1n) is 0.716. The number of rotatable bonds is 0. The fourth-order valence-electron chi connectivity index (χ4n) is 0. The van der Waals surface area contributed by atoms with Gasteiger partial charge in [-0.1, -0.05) is 0 Å². The van der Waals surface area contributed by atoms with Crippen molar-refractivity contribution >= 4 is 26.2 Å². The van der Waals surface area contributed by atoms with E-state index in [9.17, 15) is 4.79 Å². The van der Waals surface area contributed by atoms with Gasteiger partial charge in [0.1, 0.15) is 0 Å². The zero-order valence-corrected chi connectivity index (χ0v) is 4.49. The van der Waals surface area contributed by atoms with Crippen molar-refractivity contribution in [1.29, 1.82) is 0 Å². The van der Waals surface area contributed by atoms with Crippen molar-refractivity contribution in [2.45, 2.75) is 0 Å². The van der Waals surface area contributed by atoms with Gasteiger partial charge >= 0.3 is 36.8 Å². The monoisotopic (exact) mass is 175 g/mol. The molecule has 0 aromatic heterocycles. The van der Waals surface area contributed by atoms with Gasteiger partial charge in [0.15, 0.2) is 0 Å². The number of nitrogens with two attached hydrogens (primary N) is 1. The van der Waals surface area contributed by atoms with E-state index in [0.717, 1.165) is 22.3 Å². The van der Waals surface area contributed by atoms with Crippen LogP contribution in [0, 0.1) is 0 Å². The van der Waals surface area contributed by atoms with Gasteiger partial charge in [0, 0.05) is 0 Å². The van der Waals surface area contributed by atoms with E-state index in [1.165, 1.54) is 0 Å². The van der Waals surface area contributed by atoms with Gasteiger partial charge in [-0.3, -0.25) is 0 Å². The SMILES string of the molecule is NC(=O)[TeH]. The van der Waals surface area contributed by atoms with Crippen LogP contribution >= 0.6 is 0 Å². The topological polar surface area (TPSA) is 43.1 Å². The summed E-state index contributed by atoms with van der Waals surface area (Å²) in [6.07, 6.45) is 0. The molecule has 2 nitrogen and oxygen atoms in total. The summed E-state index contributed by atoms with van der Waals surface area (Å²) < 4.78 is -0.283. The Balaban J connectivity index is 2.80. The third kappa shape index (κ3) is 53.2. The second-order valence-electron chi connectivity index (χ2n) is 0.338. The minimum absolute atomic E-state index is 0.283. The Morgan fingerprint density at radius 2 is 2.00 bits per heavy atom. The van der Waals surface area contributed by atoms with E-state index in [-0.39, 0.29) is 3.96 Å². The molecule has 0 bridgehead atoms. The van der Waals surface area contributed by atoms with Gasteiger partial charge in [-0.25, -0.2) is 0 Å². The van der Waals surface area contributed by atoms with E-state index in [1.807, 2.05) is 0 Å². The fourth-order valence-corrected chi connectivity index (χ4v) is 0. The molecule has 0 aliphatic carbocycles. The van der Waals surface area contributed by atoms with Crippen molar-refractivity contribution in [2.24, 2.45) is 5.73 Å². The maximum absolute atomic E-state index is 9.24. The van der Waals surface area contributed by atoms with Gasteiger partial charge < -0.3 is 0 Å². The molecule has 1 amide bonds. The Kier molecular flexibility index (Phi) is 1.67. The van der Waals surface area contributed by atoms with Gasteiger partial charge in [0.25, 0.3) is 0 Å². The molecule has 0 aliphatic heterocycles. The average molecular weight is 173 g/mol. The number of carbonyl (C=O) groups excluding carboxylic acids is 1. The molecular formula is CH3NOTe. The molecule has 0 aromatic rings. The summed E-state index contributed by atoms with van der Waals surface area (Å²) in [5.41, 5.74) is 4.49. The van der Waals surface area contributed by atoms with Crippen molar-refractivity contribution in [3.05, 3.63) is 0 Å². The van der Waals surface area contributed by atoms with E-state index in [0.29, 0.717) is 0 Å². The van der Waals surface area contributed by atoms with Crippen LogP contribution in [0.2, 0.25) is 0 Å². The third-order valence-corrected chi connectivity index (χ3v) is 0. The van der Waals surface area contributed by atoms with Crippen molar-refractivity contribution < 1.29 is 4.79 Å². The number of primary amides is 1. The Bertz CT molecular complexity index is 31.0. The number of hydrogen-bond acceptors (Lipinski definition) is 1. The van der Waals surface area contributed by atoms with E-state index < -0.39 is 0 Å². The molecule has 0 spiro atoms. The van der Waals surface area contributed by atoms with E-state index in [4.69, 9.17) is 0 Å². The maximum atomic E-state index is 9.24. The van der Waals surface area contributed by atoms with Gasteiger partial charge in [-0.2, -0.15) is 0 Å². The molecule has 0 fully saturated rings. The number of carbonyl (C=O) groups is 1. The molecule has 24 valence electrons.